The molecule has 0 aliphatic heterocycles. The standard InChI is InChI=1S/C23H26N2O.ClH/c1-25(2)15-14-22(24-23(26)16-18-8-4-3-5-9-18)21-13-12-19-10-6-7-11-20(19)17-21;/h3-13,17,22H,14-16H2,1-2H3,(H,24,26);1H. The number of halogens is 1. The monoisotopic (exact) mass is 382 g/mol. The van der Waals surface area contributed by atoms with E-state index in [0.29, 0.717) is 6.42 Å². The van der Waals surface area contributed by atoms with Crippen LogP contribution in [0, 0.1) is 0 Å². The van der Waals surface area contributed by atoms with Crippen LogP contribution < -0.4 is 5.32 Å². The molecule has 0 aliphatic rings. The Morgan fingerprint density at radius 3 is 2.30 bits per heavy atom. The topological polar surface area (TPSA) is 32.3 Å². The smallest absolute Gasteiger partial charge is 0.224 e. The quantitative estimate of drug-likeness (QED) is 0.647. The van der Waals surface area contributed by atoms with Crippen LogP contribution in [0.25, 0.3) is 10.8 Å². The molecule has 27 heavy (non-hydrogen) atoms. The second kappa shape index (κ2) is 10.1. The van der Waals surface area contributed by atoms with Gasteiger partial charge >= 0.3 is 0 Å². The van der Waals surface area contributed by atoms with E-state index in [1.165, 1.54) is 10.8 Å². The number of nitrogens with zero attached hydrogens (tertiary/aromatic N) is 1. The first kappa shape index (κ1) is 20.9. The zero-order valence-corrected chi connectivity index (χ0v) is 16.7. The maximum absolute atomic E-state index is 12.6. The maximum atomic E-state index is 12.6. The fourth-order valence-corrected chi connectivity index (χ4v) is 3.16. The van der Waals surface area contributed by atoms with Gasteiger partial charge in [-0.25, -0.2) is 0 Å². The lowest BCUT2D eigenvalue weighted by Gasteiger charge is -2.22. The summed E-state index contributed by atoms with van der Waals surface area (Å²) in [7, 11) is 4.12. The van der Waals surface area contributed by atoms with Crippen LogP contribution >= 0.6 is 12.4 Å². The molecule has 0 radical (unpaired) electrons. The molecule has 3 aromatic rings. The average molecular weight is 383 g/mol. The van der Waals surface area contributed by atoms with Crippen molar-refractivity contribution in [2.45, 2.75) is 18.9 Å². The van der Waals surface area contributed by atoms with Crippen LogP contribution in [0.1, 0.15) is 23.6 Å². The van der Waals surface area contributed by atoms with E-state index in [-0.39, 0.29) is 24.4 Å². The molecule has 0 bridgehead atoms. The normalized spacial score (nSPS) is 11.8. The summed E-state index contributed by atoms with van der Waals surface area (Å²) in [6.07, 6.45) is 1.29. The molecule has 0 fully saturated rings. The minimum Gasteiger partial charge on any atom is -0.349 e. The minimum absolute atomic E-state index is 0. The first-order valence-electron chi connectivity index (χ1n) is 9.08. The fourth-order valence-electron chi connectivity index (χ4n) is 3.16. The summed E-state index contributed by atoms with van der Waals surface area (Å²) in [6.45, 7) is 0.920. The number of hydrogen-bond donors (Lipinski definition) is 1. The second-order valence-corrected chi connectivity index (χ2v) is 6.98. The molecular formula is C23H27ClN2O. The summed E-state index contributed by atoms with van der Waals surface area (Å²) in [5.74, 6) is 0.0631. The van der Waals surface area contributed by atoms with Gasteiger partial charge in [0.2, 0.25) is 5.91 Å². The molecule has 0 saturated carbocycles. The highest BCUT2D eigenvalue weighted by Gasteiger charge is 2.15. The Balaban J connectivity index is 0.00000261. The second-order valence-electron chi connectivity index (χ2n) is 6.98. The molecule has 0 spiro atoms. The molecule has 1 atom stereocenters. The van der Waals surface area contributed by atoms with Crippen molar-refractivity contribution in [1.82, 2.24) is 10.2 Å². The Labute approximate surface area is 167 Å². The number of carbonyl (C=O) groups is 1. The molecule has 0 aliphatic carbocycles. The summed E-state index contributed by atoms with van der Waals surface area (Å²) in [4.78, 5) is 14.7. The van der Waals surface area contributed by atoms with Crippen molar-refractivity contribution in [2.75, 3.05) is 20.6 Å². The Bertz CT molecular complexity index is 864. The highest BCUT2D eigenvalue weighted by atomic mass is 35.5. The summed E-state index contributed by atoms with van der Waals surface area (Å²) in [5, 5.41) is 5.66. The van der Waals surface area contributed by atoms with Crippen molar-refractivity contribution in [2.24, 2.45) is 0 Å². The van der Waals surface area contributed by atoms with E-state index in [4.69, 9.17) is 0 Å². The van der Waals surface area contributed by atoms with E-state index in [1.807, 2.05) is 36.4 Å². The largest absolute Gasteiger partial charge is 0.349 e. The van der Waals surface area contributed by atoms with Gasteiger partial charge in [0.05, 0.1) is 12.5 Å². The Morgan fingerprint density at radius 2 is 1.59 bits per heavy atom. The lowest BCUT2D eigenvalue weighted by molar-refractivity contribution is -0.121. The predicted molar refractivity (Wildman–Crippen MR) is 115 cm³/mol. The molecule has 4 heteroatoms. The number of hydrogen-bond acceptors (Lipinski definition) is 2. The van der Waals surface area contributed by atoms with E-state index in [1.54, 1.807) is 0 Å². The number of benzene rings is 3. The third-order valence-corrected chi connectivity index (χ3v) is 4.58. The third-order valence-electron chi connectivity index (χ3n) is 4.58. The van der Waals surface area contributed by atoms with Crippen molar-refractivity contribution in [1.29, 1.82) is 0 Å². The third kappa shape index (κ3) is 6.09. The van der Waals surface area contributed by atoms with E-state index in [9.17, 15) is 4.79 Å². The van der Waals surface area contributed by atoms with Gasteiger partial charge in [-0.05, 0) is 55.0 Å². The van der Waals surface area contributed by atoms with Gasteiger partial charge < -0.3 is 10.2 Å². The van der Waals surface area contributed by atoms with Gasteiger partial charge in [-0.15, -0.1) is 12.4 Å². The van der Waals surface area contributed by atoms with Gasteiger partial charge in [-0.2, -0.15) is 0 Å². The van der Waals surface area contributed by atoms with Crippen molar-refractivity contribution in [3.63, 3.8) is 0 Å². The molecule has 3 rings (SSSR count). The average Bonchev–Trinajstić information content (AvgIpc) is 2.65. The number of amides is 1. The SMILES string of the molecule is CN(C)CCC(NC(=O)Cc1ccccc1)c1ccc2ccccc2c1.Cl. The summed E-state index contributed by atoms with van der Waals surface area (Å²) >= 11 is 0. The molecule has 0 heterocycles. The molecule has 1 unspecified atom stereocenters. The summed E-state index contributed by atoms with van der Waals surface area (Å²) < 4.78 is 0. The zero-order valence-electron chi connectivity index (χ0n) is 15.9. The van der Waals surface area contributed by atoms with Crippen molar-refractivity contribution in [3.8, 4) is 0 Å². The van der Waals surface area contributed by atoms with Gasteiger partial charge in [0.15, 0.2) is 0 Å². The first-order valence-corrected chi connectivity index (χ1v) is 9.08. The molecular weight excluding hydrogens is 356 g/mol. The van der Waals surface area contributed by atoms with E-state index < -0.39 is 0 Å². The zero-order chi connectivity index (χ0) is 18.4. The molecule has 3 nitrogen and oxygen atoms in total. The van der Waals surface area contributed by atoms with E-state index in [0.717, 1.165) is 24.1 Å². The van der Waals surface area contributed by atoms with E-state index >= 15 is 0 Å². The van der Waals surface area contributed by atoms with Crippen LogP contribution in [-0.4, -0.2) is 31.4 Å². The fraction of sp³-hybridized carbons (Fsp3) is 0.261. The number of rotatable bonds is 7. The predicted octanol–water partition coefficient (Wildman–Crippen LogP) is 4.61. The minimum atomic E-state index is 0. The first-order chi connectivity index (χ1) is 12.6. The van der Waals surface area contributed by atoms with Crippen LogP contribution in [0.3, 0.4) is 0 Å². The highest BCUT2D eigenvalue weighted by Crippen LogP contribution is 2.23. The van der Waals surface area contributed by atoms with Gasteiger partial charge in [0.1, 0.15) is 0 Å². The Morgan fingerprint density at radius 1 is 0.926 bits per heavy atom. The van der Waals surface area contributed by atoms with Gasteiger partial charge in [-0.1, -0.05) is 66.7 Å². The number of fused-ring (bicyclic) bond motifs is 1. The number of nitrogens with one attached hydrogen (secondary N) is 1. The number of carbonyl (C=O) groups excluding carboxylic acids is 1. The van der Waals surface area contributed by atoms with Crippen LogP contribution in [-0.2, 0) is 11.2 Å². The highest BCUT2D eigenvalue weighted by molar-refractivity contribution is 5.85. The maximum Gasteiger partial charge on any atom is 0.224 e. The van der Waals surface area contributed by atoms with Gasteiger partial charge in [0, 0.05) is 0 Å². The van der Waals surface area contributed by atoms with E-state index in [2.05, 4.69) is 60.7 Å². The molecule has 142 valence electrons. The molecule has 0 saturated heterocycles. The van der Waals surface area contributed by atoms with Gasteiger partial charge in [0.25, 0.3) is 0 Å². The van der Waals surface area contributed by atoms with Crippen LogP contribution in [0.5, 0.6) is 0 Å². The van der Waals surface area contributed by atoms with Crippen LogP contribution in [0.2, 0.25) is 0 Å². The summed E-state index contributed by atoms with van der Waals surface area (Å²) in [6, 6.07) is 24.7. The molecule has 3 aromatic carbocycles. The van der Waals surface area contributed by atoms with Crippen molar-refractivity contribution < 1.29 is 4.79 Å². The Kier molecular flexibility index (Phi) is 7.83. The lowest BCUT2D eigenvalue weighted by Crippen LogP contribution is -2.32. The molecule has 1 amide bonds. The molecule has 1 N–H and O–H groups in total. The molecule has 0 aromatic heterocycles. The van der Waals surface area contributed by atoms with Crippen molar-refractivity contribution >= 4 is 29.1 Å². The Hall–Kier alpha value is -2.36. The van der Waals surface area contributed by atoms with Crippen LogP contribution in [0.4, 0.5) is 0 Å². The lowest BCUT2D eigenvalue weighted by atomic mass is 9.99. The van der Waals surface area contributed by atoms with Gasteiger partial charge in [-0.3, -0.25) is 4.79 Å². The summed E-state index contributed by atoms with van der Waals surface area (Å²) in [5.41, 5.74) is 2.20. The van der Waals surface area contributed by atoms with Crippen molar-refractivity contribution in [3.05, 3.63) is 83.9 Å². The van der Waals surface area contributed by atoms with Crippen LogP contribution in [0.15, 0.2) is 72.8 Å².